The average Bonchev–Trinajstić information content (AvgIpc) is 2.47. The van der Waals surface area contributed by atoms with E-state index in [-0.39, 0.29) is 5.91 Å². The molecule has 0 saturated carbocycles. The summed E-state index contributed by atoms with van der Waals surface area (Å²) in [5.41, 5.74) is 7.51. The number of benzene rings is 2. The van der Waals surface area contributed by atoms with Gasteiger partial charge in [-0.25, -0.2) is 0 Å². The fourth-order valence-electron chi connectivity index (χ4n) is 2.16. The Balaban J connectivity index is 1.97. The highest BCUT2D eigenvalue weighted by molar-refractivity contribution is 9.10. The number of nitrogens with two attached hydrogens (primary N) is 1. The lowest BCUT2D eigenvalue weighted by Gasteiger charge is -2.10. The highest BCUT2D eigenvalue weighted by Gasteiger charge is 2.11. The number of fused-ring (bicyclic) bond motifs is 1. The van der Waals surface area contributed by atoms with Gasteiger partial charge in [0, 0.05) is 39.0 Å². The average molecular weight is 342 g/mol. The smallest absolute Gasteiger partial charge is 0.257 e. The highest BCUT2D eigenvalue weighted by Crippen LogP contribution is 2.24. The maximum Gasteiger partial charge on any atom is 0.257 e. The molecule has 0 spiro atoms. The predicted molar refractivity (Wildman–Crippen MR) is 88.3 cm³/mol. The SMILES string of the molecule is Nc1cc(Br)ccc1C(=O)Nc1cccc2cnccc12. The number of hydrogen-bond donors (Lipinski definition) is 2. The van der Waals surface area contributed by atoms with Gasteiger partial charge >= 0.3 is 0 Å². The lowest BCUT2D eigenvalue weighted by Crippen LogP contribution is -2.14. The fraction of sp³-hybridized carbons (Fsp3) is 0. The second-order valence-electron chi connectivity index (χ2n) is 4.59. The van der Waals surface area contributed by atoms with Gasteiger partial charge in [0.2, 0.25) is 0 Å². The van der Waals surface area contributed by atoms with Crippen LogP contribution in [0.15, 0.2) is 59.3 Å². The van der Waals surface area contributed by atoms with E-state index in [9.17, 15) is 4.79 Å². The zero-order valence-corrected chi connectivity index (χ0v) is 12.6. The molecule has 0 fully saturated rings. The molecule has 2 aromatic carbocycles. The van der Waals surface area contributed by atoms with Crippen molar-refractivity contribution in [2.75, 3.05) is 11.1 Å². The summed E-state index contributed by atoms with van der Waals surface area (Å²) in [6, 6.07) is 12.8. The van der Waals surface area contributed by atoms with Crippen LogP contribution in [-0.4, -0.2) is 10.9 Å². The molecule has 0 saturated heterocycles. The Morgan fingerprint density at radius 3 is 2.86 bits per heavy atom. The van der Waals surface area contributed by atoms with Crippen LogP contribution in [0.4, 0.5) is 11.4 Å². The molecule has 1 aromatic heterocycles. The summed E-state index contributed by atoms with van der Waals surface area (Å²) in [5, 5.41) is 4.81. The first kappa shape index (κ1) is 13.6. The van der Waals surface area contributed by atoms with Crippen molar-refractivity contribution in [3.8, 4) is 0 Å². The lowest BCUT2D eigenvalue weighted by atomic mass is 10.1. The standard InChI is InChI=1S/C16H12BrN3O/c17-11-4-5-13(14(18)8-11)16(21)20-15-3-1-2-10-9-19-7-6-12(10)15/h1-9H,18H2,(H,20,21). The van der Waals surface area contributed by atoms with E-state index in [0.29, 0.717) is 11.3 Å². The van der Waals surface area contributed by atoms with Gasteiger partial charge in [0.1, 0.15) is 0 Å². The molecular weight excluding hydrogens is 330 g/mol. The zero-order chi connectivity index (χ0) is 14.8. The van der Waals surface area contributed by atoms with Crippen molar-refractivity contribution in [2.24, 2.45) is 0 Å². The minimum Gasteiger partial charge on any atom is -0.398 e. The number of rotatable bonds is 2. The van der Waals surface area contributed by atoms with Crippen LogP contribution in [-0.2, 0) is 0 Å². The topological polar surface area (TPSA) is 68.0 Å². The van der Waals surface area contributed by atoms with Crippen molar-refractivity contribution in [3.63, 3.8) is 0 Å². The molecule has 0 atom stereocenters. The van der Waals surface area contributed by atoms with E-state index in [4.69, 9.17) is 5.73 Å². The number of carbonyl (C=O) groups excluding carboxylic acids is 1. The molecule has 0 aliphatic heterocycles. The van der Waals surface area contributed by atoms with Crippen LogP contribution in [0.2, 0.25) is 0 Å². The van der Waals surface area contributed by atoms with Crippen LogP contribution in [0.25, 0.3) is 10.8 Å². The first-order chi connectivity index (χ1) is 10.1. The highest BCUT2D eigenvalue weighted by atomic mass is 79.9. The second-order valence-corrected chi connectivity index (χ2v) is 5.50. The molecule has 5 heteroatoms. The van der Waals surface area contributed by atoms with Crippen LogP contribution in [0.3, 0.4) is 0 Å². The quantitative estimate of drug-likeness (QED) is 0.696. The molecule has 0 aliphatic carbocycles. The van der Waals surface area contributed by atoms with E-state index >= 15 is 0 Å². The largest absolute Gasteiger partial charge is 0.398 e. The number of hydrogen-bond acceptors (Lipinski definition) is 3. The first-order valence-electron chi connectivity index (χ1n) is 6.34. The molecule has 104 valence electrons. The number of amides is 1. The molecule has 0 unspecified atom stereocenters. The monoisotopic (exact) mass is 341 g/mol. The minimum atomic E-state index is -0.232. The Kier molecular flexibility index (Phi) is 3.58. The van der Waals surface area contributed by atoms with E-state index in [0.717, 1.165) is 20.9 Å². The van der Waals surface area contributed by atoms with Crippen LogP contribution in [0, 0.1) is 0 Å². The Hall–Kier alpha value is -2.40. The van der Waals surface area contributed by atoms with Gasteiger partial charge in [0.15, 0.2) is 0 Å². The van der Waals surface area contributed by atoms with Crippen molar-refractivity contribution < 1.29 is 4.79 Å². The van der Waals surface area contributed by atoms with Crippen LogP contribution in [0.5, 0.6) is 0 Å². The van der Waals surface area contributed by atoms with Crippen molar-refractivity contribution >= 4 is 44.0 Å². The molecule has 21 heavy (non-hydrogen) atoms. The molecule has 4 nitrogen and oxygen atoms in total. The summed E-state index contributed by atoms with van der Waals surface area (Å²) in [6.07, 6.45) is 3.46. The van der Waals surface area contributed by atoms with Gasteiger partial charge in [0.25, 0.3) is 5.91 Å². The molecule has 0 bridgehead atoms. The molecule has 3 aromatic rings. The Morgan fingerprint density at radius 2 is 2.05 bits per heavy atom. The van der Waals surface area contributed by atoms with Gasteiger partial charge in [-0.3, -0.25) is 9.78 Å². The predicted octanol–water partition coefficient (Wildman–Crippen LogP) is 3.83. The van der Waals surface area contributed by atoms with Gasteiger partial charge in [-0.15, -0.1) is 0 Å². The normalized spacial score (nSPS) is 10.5. The third kappa shape index (κ3) is 2.73. The van der Waals surface area contributed by atoms with Crippen molar-refractivity contribution in [1.29, 1.82) is 0 Å². The van der Waals surface area contributed by atoms with E-state index in [2.05, 4.69) is 26.2 Å². The number of anilines is 2. The van der Waals surface area contributed by atoms with E-state index in [1.165, 1.54) is 0 Å². The number of nitrogens with zero attached hydrogens (tertiary/aromatic N) is 1. The number of halogens is 1. The van der Waals surface area contributed by atoms with Crippen LogP contribution in [0.1, 0.15) is 10.4 Å². The van der Waals surface area contributed by atoms with Crippen molar-refractivity contribution in [1.82, 2.24) is 4.98 Å². The van der Waals surface area contributed by atoms with Crippen molar-refractivity contribution in [2.45, 2.75) is 0 Å². The summed E-state index contributed by atoms with van der Waals surface area (Å²) in [6.45, 7) is 0. The third-order valence-corrected chi connectivity index (χ3v) is 3.68. The van der Waals surface area contributed by atoms with E-state index < -0.39 is 0 Å². The van der Waals surface area contributed by atoms with Crippen molar-refractivity contribution in [3.05, 3.63) is 64.9 Å². The molecule has 0 aliphatic rings. The van der Waals surface area contributed by atoms with E-state index in [1.807, 2.05) is 24.3 Å². The number of aromatic nitrogens is 1. The molecule has 3 rings (SSSR count). The van der Waals surface area contributed by atoms with Crippen LogP contribution < -0.4 is 11.1 Å². The van der Waals surface area contributed by atoms with Gasteiger partial charge in [-0.1, -0.05) is 28.1 Å². The summed E-state index contributed by atoms with van der Waals surface area (Å²) < 4.78 is 0.841. The maximum absolute atomic E-state index is 12.4. The summed E-state index contributed by atoms with van der Waals surface area (Å²) in [4.78, 5) is 16.4. The summed E-state index contributed by atoms with van der Waals surface area (Å²) in [5.74, 6) is -0.232. The number of pyridine rings is 1. The van der Waals surface area contributed by atoms with Gasteiger partial charge in [0.05, 0.1) is 5.56 Å². The maximum atomic E-state index is 12.4. The Morgan fingerprint density at radius 1 is 1.19 bits per heavy atom. The van der Waals surface area contributed by atoms with Crippen LogP contribution >= 0.6 is 15.9 Å². The first-order valence-corrected chi connectivity index (χ1v) is 7.13. The zero-order valence-electron chi connectivity index (χ0n) is 11.0. The molecule has 3 N–H and O–H groups in total. The summed E-state index contributed by atoms with van der Waals surface area (Å²) in [7, 11) is 0. The number of carbonyl (C=O) groups is 1. The Labute approximate surface area is 130 Å². The van der Waals surface area contributed by atoms with E-state index in [1.54, 1.807) is 30.6 Å². The second kappa shape index (κ2) is 5.54. The summed E-state index contributed by atoms with van der Waals surface area (Å²) >= 11 is 3.33. The molecular formula is C16H12BrN3O. The van der Waals surface area contributed by atoms with Gasteiger partial charge < -0.3 is 11.1 Å². The lowest BCUT2D eigenvalue weighted by molar-refractivity contribution is 0.102. The molecule has 1 amide bonds. The molecule has 1 heterocycles. The number of nitrogen functional groups attached to an aromatic ring is 1. The van der Waals surface area contributed by atoms with Gasteiger partial charge in [-0.05, 0) is 30.3 Å². The number of nitrogens with one attached hydrogen (secondary N) is 1. The molecule has 0 radical (unpaired) electrons. The third-order valence-electron chi connectivity index (χ3n) is 3.19. The minimum absolute atomic E-state index is 0.232. The Bertz CT molecular complexity index is 827. The van der Waals surface area contributed by atoms with Gasteiger partial charge in [-0.2, -0.15) is 0 Å². The fourth-order valence-corrected chi connectivity index (χ4v) is 2.54.